The van der Waals surface area contributed by atoms with Gasteiger partial charge in [0.05, 0.1) is 11.4 Å². The predicted octanol–water partition coefficient (Wildman–Crippen LogP) is 1.94. The molecule has 0 saturated heterocycles. The number of aryl methyl sites for hydroxylation is 1. The minimum Gasteiger partial charge on any atom is -0.397 e. The molecule has 0 spiro atoms. The lowest BCUT2D eigenvalue weighted by molar-refractivity contribution is -0.117. The normalized spacial score (nSPS) is 10.9. The van der Waals surface area contributed by atoms with Crippen LogP contribution in [0.15, 0.2) is 30.0 Å². The first-order valence-electron chi connectivity index (χ1n) is 7.17. The molecule has 0 aliphatic carbocycles. The number of hydrogen-bond acceptors (Lipinski definition) is 5. The number of ether oxygens (including phenoxy) is 1. The van der Waals surface area contributed by atoms with Gasteiger partial charge in [-0.3, -0.25) is 4.79 Å². The van der Waals surface area contributed by atoms with E-state index in [-0.39, 0.29) is 5.57 Å². The Balaban J connectivity index is 2.57. The van der Waals surface area contributed by atoms with E-state index in [0.29, 0.717) is 37.6 Å². The molecular formula is C16H22N4O2. The van der Waals surface area contributed by atoms with Crippen LogP contribution in [0.2, 0.25) is 0 Å². The zero-order valence-electron chi connectivity index (χ0n) is 13.0. The van der Waals surface area contributed by atoms with Crippen LogP contribution in [0, 0.1) is 18.3 Å². The average Bonchev–Trinajstić information content (AvgIpc) is 2.51. The van der Waals surface area contributed by atoms with Gasteiger partial charge in [-0.05, 0) is 38.0 Å². The lowest BCUT2D eigenvalue weighted by Gasteiger charge is -2.08. The topological polar surface area (TPSA) is 100 Å². The summed E-state index contributed by atoms with van der Waals surface area (Å²) in [5.74, 6) is -0.419. The highest BCUT2D eigenvalue weighted by molar-refractivity contribution is 5.97. The first kappa shape index (κ1) is 17.5. The van der Waals surface area contributed by atoms with Gasteiger partial charge in [-0.1, -0.05) is 6.07 Å². The molecule has 4 N–H and O–H groups in total. The molecule has 0 unspecified atom stereocenters. The molecule has 0 heterocycles. The van der Waals surface area contributed by atoms with E-state index >= 15 is 0 Å². The van der Waals surface area contributed by atoms with Crippen molar-refractivity contribution in [3.63, 3.8) is 0 Å². The molecule has 0 atom stereocenters. The minimum atomic E-state index is -0.419. The summed E-state index contributed by atoms with van der Waals surface area (Å²) in [6, 6.07) is 7.38. The Morgan fingerprint density at radius 1 is 1.50 bits per heavy atom. The molecule has 1 amide bonds. The van der Waals surface area contributed by atoms with E-state index < -0.39 is 5.91 Å². The summed E-state index contributed by atoms with van der Waals surface area (Å²) < 4.78 is 5.17. The summed E-state index contributed by atoms with van der Waals surface area (Å²) in [4.78, 5) is 11.9. The Bertz CT molecular complexity index is 576. The Morgan fingerprint density at radius 3 is 2.95 bits per heavy atom. The largest absolute Gasteiger partial charge is 0.397 e. The highest BCUT2D eigenvalue weighted by atomic mass is 16.5. The number of carbonyl (C=O) groups excluding carboxylic acids is 1. The lowest BCUT2D eigenvalue weighted by atomic mass is 10.2. The van der Waals surface area contributed by atoms with Crippen LogP contribution in [0.25, 0.3) is 0 Å². The van der Waals surface area contributed by atoms with E-state index in [1.54, 1.807) is 6.07 Å². The Labute approximate surface area is 130 Å². The van der Waals surface area contributed by atoms with Gasteiger partial charge in [-0.25, -0.2) is 0 Å². The van der Waals surface area contributed by atoms with Gasteiger partial charge in [0.25, 0.3) is 5.91 Å². The number of nitrogens with one attached hydrogen (secondary N) is 2. The van der Waals surface area contributed by atoms with Crippen LogP contribution < -0.4 is 16.4 Å². The van der Waals surface area contributed by atoms with Crippen LogP contribution in [-0.2, 0) is 9.53 Å². The van der Waals surface area contributed by atoms with Gasteiger partial charge in [0.2, 0.25) is 0 Å². The summed E-state index contributed by atoms with van der Waals surface area (Å²) >= 11 is 0. The molecule has 118 valence electrons. The number of amides is 1. The van der Waals surface area contributed by atoms with E-state index in [9.17, 15) is 4.79 Å². The number of nitrogen functional groups attached to an aromatic ring is 1. The number of anilines is 2. The molecule has 1 aromatic carbocycles. The first-order valence-corrected chi connectivity index (χ1v) is 7.17. The van der Waals surface area contributed by atoms with E-state index in [0.717, 1.165) is 5.56 Å². The van der Waals surface area contributed by atoms with E-state index in [1.165, 1.54) is 6.20 Å². The molecule has 0 aromatic heterocycles. The van der Waals surface area contributed by atoms with Gasteiger partial charge in [0.15, 0.2) is 0 Å². The second-order valence-corrected chi connectivity index (χ2v) is 4.71. The molecule has 0 aliphatic rings. The number of rotatable bonds is 8. The van der Waals surface area contributed by atoms with Crippen molar-refractivity contribution in [2.45, 2.75) is 20.3 Å². The van der Waals surface area contributed by atoms with Crippen molar-refractivity contribution in [1.82, 2.24) is 5.32 Å². The summed E-state index contributed by atoms with van der Waals surface area (Å²) in [6.45, 7) is 5.55. The second kappa shape index (κ2) is 9.42. The van der Waals surface area contributed by atoms with Crippen LogP contribution in [0.5, 0.6) is 0 Å². The number of nitrogens with two attached hydrogens (primary N) is 1. The summed E-state index contributed by atoms with van der Waals surface area (Å²) in [6.07, 6.45) is 2.07. The maximum absolute atomic E-state index is 11.9. The van der Waals surface area contributed by atoms with E-state index in [1.807, 2.05) is 32.0 Å². The Hall–Kier alpha value is -2.52. The van der Waals surface area contributed by atoms with Crippen molar-refractivity contribution in [2.75, 3.05) is 30.8 Å². The SMILES string of the molecule is CCOCCCNC(=O)/C(C#N)=C\Nc1cc(C)ccc1N. The molecule has 0 radical (unpaired) electrons. The van der Waals surface area contributed by atoms with Gasteiger partial charge >= 0.3 is 0 Å². The van der Waals surface area contributed by atoms with Crippen molar-refractivity contribution in [1.29, 1.82) is 5.26 Å². The smallest absolute Gasteiger partial charge is 0.263 e. The maximum atomic E-state index is 11.9. The zero-order valence-corrected chi connectivity index (χ0v) is 13.0. The second-order valence-electron chi connectivity index (χ2n) is 4.71. The minimum absolute atomic E-state index is 0.00249. The molecule has 0 bridgehead atoms. The third-order valence-corrected chi connectivity index (χ3v) is 2.90. The molecule has 6 nitrogen and oxygen atoms in total. The molecule has 0 fully saturated rings. The van der Waals surface area contributed by atoms with E-state index in [2.05, 4.69) is 10.6 Å². The van der Waals surface area contributed by atoms with Crippen LogP contribution >= 0.6 is 0 Å². The van der Waals surface area contributed by atoms with Gasteiger partial charge < -0.3 is 21.1 Å². The standard InChI is InChI=1S/C16H22N4O2/c1-3-22-8-4-7-19-16(21)13(10-17)11-20-15-9-12(2)5-6-14(15)18/h5-6,9,11,20H,3-4,7-8,18H2,1-2H3,(H,19,21)/b13-11-. The van der Waals surface area contributed by atoms with Crippen molar-refractivity contribution in [2.24, 2.45) is 0 Å². The fraction of sp³-hybridized carbons (Fsp3) is 0.375. The van der Waals surface area contributed by atoms with Gasteiger partial charge in [-0.15, -0.1) is 0 Å². The third-order valence-electron chi connectivity index (χ3n) is 2.90. The Morgan fingerprint density at radius 2 is 2.27 bits per heavy atom. The van der Waals surface area contributed by atoms with Crippen molar-refractivity contribution < 1.29 is 9.53 Å². The molecular weight excluding hydrogens is 280 g/mol. The quantitative estimate of drug-likeness (QED) is 0.295. The number of nitriles is 1. The molecule has 1 aromatic rings. The van der Waals surface area contributed by atoms with Gasteiger partial charge in [-0.2, -0.15) is 5.26 Å². The molecule has 22 heavy (non-hydrogen) atoms. The average molecular weight is 302 g/mol. The van der Waals surface area contributed by atoms with Crippen LogP contribution in [0.1, 0.15) is 18.9 Å². The molecule has 0 saturated carbocycles. The highest BCUT2D eigenvalue weighted by Gasteiger charge is 2.08. The van der Waals surface area contributed by atoms with E-state index in [4.69, 9.17) is 15.7 Å². The fourth-order valence-electron chi connectivity index (χ4n) is 1.71. The summed E-state index contributed by atoms with van der Waals surface area (Å²) in [5.41, 5.74) is 8.08. The van der Waals surface area contributed by atoms with Crippen LogP contribution in [0.4, 0.5) is 11.4 Å². The number of nitrogens with zero attached hydrogens (tertiary/aromatic N) is 1. The van der Waals surface area contributed by atoms with Crippen LogP contribution in [0.3, 0.4) is 0 Å². The number of hydrogen-bond donors (Lipinski definition) is 3. The van der Waals surface area contributed by atoms with Crippen molar-refractivity contribution in [3.05, 3.63) is 35.5 Å². The maximum Gasteiger partial charge on any atom is 0.263 e. The predicted molar refractivity (Wildman–Crippen MR) is 87.0 cm³/mol. The molecule has 1 rings (SSSR count). The fourth-order valence-corrected chi connectivity index (χ4v) is 1.71. The summed E-state index contributed by atoms with van der Waals surface area (Å²) in [5, 5.41) is 14.6. The van der Waals surface area contributed by atoms with Crippen molar-refractivity contribution >= 4 is 17.3 Å². The van der Waals surface area contributed by atoms with Gasteiger partial charge in [0.1, 0.15) is 11.6 Å². The Kier molecular flexibility index (Phi) is 7.51. The zero-order chi connectivity index (χ0) is 16.4. The van der Waals surface area contributed by atoms with Crippen LogP contribution in [-0.4, -0.2) is 25.7 Å². The number of carbonyl (C=O) groups is 1. The number of benzene rings is 1. The summed E-state index contributed by atoms with van der Waals surface area (Å²) in [7, 11) is 0. The van der Waals surface area contributed by atoms with Gasteiger partial charge in [0, 0.05) is 26.0 Å². The molecule has 6 heteroatoms. The highest BCUT2D eigenvalue weighted by Crippen LogP contribution is 2.19. The first-order chi connectivity index (χ1) is 10.6. The van der Waals surface area contributed by atoms with Crippen molar-refractivity contribution in [3.8, 4) is 6.07 Å². The monoisotopic (exact) mass is 302 g/mol. The lowest BCUT2D eigenvalue weighted by Crippen LogP contribution is -2.26. The third kappa shape index (κ3) is 5.85. The molecule has 0 aliphatic heterocycles.